The van der Waals surface area contributed by atoms with Crippen molar-refractivity contribution < 1.29 is 9.59 Å². The summed E-state index contributed by atoms with van der Waals surface area (Å²) in [6, 6.07) is 7.65. The van der Waals surface area contributed by atoms with Crippen molar-refractivity contribution in [2.24, 2.45) is 23.5 Å². The van der Waals surface area contributed by atoms with E-state index < -0.39 is 0 Å². The molecule has 2 saturated carbocycles. The van der Waals surface area contributed by atoms with E-state index in [1.165, 1.54) is 6.42 Å². The normalized spacial score (nSPS) is 28.5. The minimum Gasteiger partial charge on any atom is -0.349 e. The van der Waals surface area contributed by atoms with Gasteiger partial charge in [0.2, 0.25) is 5.91 Å². The molecule has 0 aromatic heterocycles. The summed E-state index contributed by atoms with van der Waals surface area (Å²) in [7, 11) is 0. The van der Waals surface area contributed by atoms with Crippen LogP contribution in [0.5, 0.6) is 0 Å². The van der Waals surface area contributed by atoms with Gasteiger partial charge in [0.25, 0.3) is 5.91 Å². The van der Waals surface area contributed by atoms with Gasteiger partial charge in [0.05, 0.1) is 0 Å². The molecule has 2 bridgehead atoms. The highest BCUT2D eigenvalue weighted by Gasteiger charge is 2.39. The van der Waals surface area contributed by atoms with Gasteiger partial charge in [0.15, 0.2) is 0 Å². The highest BCUT2D eigenvalue weighted by molar-refractivity contribution is 5.96. The third-order valence-electron chi connectivity index (χ3n) is 5.61. The lowest BCUT2D eigenvalue weighted by Gasteiger charge is -2.45. The van der Waals surface area contributed by atoms with Crippen LogP contribution in [0, 0.1) is 17.8 Å². The molecule has 5 nitrogen and oxygen atoms in total. The topological polar surface area (TPSA) is 84.2 Å². The maximum Gasteiger partial charge on any atom is 0.251 e. The summed E-state index contributed by atoms with van der Waals surface area (Å²) in [5, 5.41) is 6.10. The Hall–Kier alpha value is -1.88. The van der Waals surface area contributed by atoms with E-state index in [1.807, 2.05) is 13.8 Å². The predicted octanol–water partition coefficient (Wildman–Crippen LogP) is 2.92. The molecule has 5 heteroatoms. The van der Waals surface area contributed by atoms with Gasteiger partial charge in [-0.1, -0.05) is 20.3 Å². The molecule has 4 N–H and O–H groups in total. The molecule has 1 aromatic carbocycles. The van der Waals surface area contributed by atoms with Crippen molar-refractivity contribution in [3.05, 3.63) is 29.8 Å². The van der Waals surface area contributed by atoms with E-state index in [0.717, 1.165) is 31.4 Å². The smallest absolute Gasteiger partial charge is 0.251 e. The zero-order valence-corrected chi connectivity index (χ0v) is 15.1. The number of anilines is 1. The zero-order chi connectivity index (χ0) is 18.0. The van der Waals surface area contributed by atoms with E-state index in [1.54, 1.807) is 24.3 Å². The maximum atomic E-state index is 12.6. The first-order valence-electron chi connectivity index (χ1n) is 9.41. The Morgan fingerprint density at radius 3 is 2.24 bits per heavy atom. The third-order valence-corrected chi connectivity index (χ3v) is 5.61. The van der Waals surface area contributed by atoms with Gasteiger partial charge in [0, 0.05) is 29.3 Å². The van der Waals surface area contributed by atoms with Crippen LogP contribution in [0.3, 0.4) is 0 Å². The van der Waals surface area contributed by atoms with Crippen molar-refractivity contribution in [2.75, 3.05) is 5.32 Å². The fourth-order valence-electron chi connectivity index (χ4n) is 4.25. The van der Waals surface area contributed by atoms with Gasteiger partial charge >= 0.3 is 0 Å². The summed E-state index contributed by atoms with van der Waals surface area (Å²) in [4.78, 5) is 24.4. The molecule has 25 heavy (non-hydrogen) atoms. The van der Waals surface area contributed by atoms with Gasteiger partial charge in [-0.15, -0.1) is 0 Å². The Morgan fingerprint density at radius 2 is 1.68 bits per heavy atom. The number of carbonyl (C=O) groups is 2. The van der Waals surface area contributed by atoms with Crippen LogP contribution in [-0.2, 0) is 4.79 Å². The molecule has 0 spiro atoms. The highest BCUT2D eigenvalue weighted by Crippen LogP contribution is 2.39. The quantitative estimate of drug-likeness (QED) is 0.786. The van der Waals surface area contributed by atoms with Gasteiger partial charge in [-0.25, -0.2) is 0 Å². The van der Waals surface area contributed by atoms with Gasteiger partial charge in [-0.2, -0.15) is 0 Å². The van der Waals surface area contributed by atoms with Crippen LogP contribution in [0.25, 0.3) is 0 Å². The van der Waals surface area contributed by atoms with Crippen LogP contribution in [0.4, 0.5) is 5.69 Å². The molecular weight excluding hydrogens is 314 g/mol. The summed E-state index contributed by atoms with van der Waals surface area (Å²) in [5.74, 6) is 0.898. The molecule has 136 valence electrons. The molecule has 0 aliphatic heterocycles. The molecule has 2 aliphatic carbocycles. The van der Waals surface area contributed by atoms with Crippen molar-refractivity contribution >= 4 is 17.5 Å². The monoisotopic (exact) mass is 343 g/mol. The van der Waals surface area contributed by atoms with E-state index in [4.69, 9.17) is 5.73 Å². The first kappa shape index (κ1) is 17.9. The zero-order valence-electron chi connectivity index (χ0n) is 15.1. The molecule has 0 heterocycles. The van der Waals surface area contributed by atoms with Crippen molar-refractivity contribution in [3.8, 4) is 0 Å². The van der Waals surface area contributed by atoms with Gasteiger partial charge < -0.3 is 16.4 Å². The second-order valence-electron chi connectivity index (χ2n) is 7.90. The SMILES string of the molecule is CC(C)C(=O)Nc1ccc(C(=O)NC2C3CCCC2CC(N)C3)cc1. The summed E-state index contributed by atoms with van der Waals surface area (Å²) >= 11 is 0. The molecule has 2 aliphatic rings. The van der Waals surface area contributed by atoms with E-state index in [2.05, 4.69) is 10.6 Å². The second kappa shape index (κ2) is 7.56. The molecule has 2 unspecified atom stereocenters. The van der Waals surface area contributed by atoms with E-state index in [-0.39, 0.29) is 29.8 Å². The predicted molar refractivity (Wildman–Crippen MR) is 99.2 cm³/mol. The Kier molecular flexibility index (Phi) is 5.42. The minimum atomic E-state index is -0.0694. The number of rotatable bonds is 4. The summed E-state index contributed by atoms with van der Waals surface area (Å²) in [6.07, 6.45) is 5.60. The molecule has 0 radical (unpaired) electrons. The number of benzene rings is 1. The molecule has 2 atom stereocenters. The molecular formula is C20H29N3O2. The van der Waals surface area contributed by atoms with Crippen LogP contribution in [-0.4, -0.2) is 23.9 Å². The lowest BCUT2D eigenvalue weighted by molar-refractivity contribution is -0.118. The Bertz CT molecular complexity index is 612. The van der Waals surface area contributed by atoms with Crippen molar-refractivity contribution in [1.82, 2.24) is 5.32 Å². The van der Waals surface area contributed by atoms with Crippen LogP contribution in [0.1, 0.15) is 56.3 Å². The fourth-order valence-corrected chi connectivity index (χ4v) is 4.25. The fraction of sp³-hybridized carbons (Fsp3) is 0.600. The largest absolute Gasteiger partial charge is 0.349 e. The van der Waals surface area contributed by atoms with E-state index in [0.29, 0.717) is 17.4 Å². The van der Waals surface area contributed by atoms with Crippen LogP contribution >= 0.6 is 0 Å². The highest BCUT2D eigenvalue weighted by atomic mass is 16.2. The number of fused-ring (bicyclic) bond motifs is 2. The average Bonchev–Trinajstić information content (AvgIpc) is 2.56. The number of nitrogens with one attached hydrogen (secondary N) is 2. The van der Waals surface area contributed by atoms with Gasteiger partial charge in [0.1, 0.15) is 0 Å². The lowest BCUT2D eigenvalue weighted by atomic mass is 9.67. The number of amides is 2. The maximum absolute atomic E-state index is 12.6. The summed E-state index contributed by atoms with van der Waals surface area (Å²) in [6.45, 7) is 3.70. The lowest BCUT2D eigenvalue weighted by Crippen LogP contribution is -2.53. The first-order valence-corrected chi connectivity index (χ1v) is 9.41. The Balaban J connectivity index is 1.62. The number of hydrogen-bond acceptors (Lipinski definition) is 3. The summed E-state index contributed by atoms with van der Waals surface area (Å²) < 4.78 is 0. The molecule has 1 aromatic rings. The van der Waals surface area contributed by atoms with Gasteiger partial charge in [-0.05, 0) is 61.8 Å². The van der Waals surface area contributed by atoms with Crippen LogP contribution in [0.15, 0.2) is 24.3 Å². The number of nitrogens with two attached hydrogens (primary N) is 1. The first-order chi connectivity index (χ1) is 11.9. The molecule has 2 amide bonds. The van der Waals surface area contributed by atoms with Crippen molar-refractivity contribution in [2.45, 2.75) is 58.0 Å². The molecule has 3 rings (SSSR count). The van der Waals surface area contributed by atoms with Crippen molar-refractivity contribution in [1.29, 1.82) is 0 Å². The molecule has 0 saturated heterocycles. The number of hydrogen-bond donors (Lipinski definition) is 3. The van der Waals surface area contributed by atoms with E-state index in [9.17, 15) is 9.59 Å². The number of carbonyl (C=O) groups excluding carboxylic acids is 2. The van der Waals surface area contributed by atoms with Crippen molar-refractivity contribution in [3.63, 3.8) is 0 Å². The van der Waals surface area contributed by atoms with Crippen LogP contribution < -0.4 is 16.4 Å². The standard InChI is InChI=1S/C20H29N3O2/c1-12(2)19(24)22-17-8-6-13(7-9-17)20(25)23-18-14-4-3-5-15(18)11-16(21)10-14/h6-9,12,14-16,18H,3-5,10-11,21H2,1-2H3,(H,22,24)(H,23,25). The Morgan fingerprint density at radius 1 is 1.08 bits per heavy atom. The average molecular weight is 343 g/mol. The Labute approximate surface area is 149 Å². The molecule has 2 fully saturated rings. The second-order valence-corrected chi connectivity index (χ2v) is 7.90. The minimum absolute atomic E-state index is 0.0245. The van der Waals surface area contributed by atoms with Gasteiger partial charge in [-0.3, -0.25) is 9.59 Å². The third kappa shape index (κ3) is 4.21. The van der Waals surface area contributed by atoms with Crippen LogP contribution in [0.2, 0.25) is 0 Å². The summed E-state index contributed by atoms with van der Waals surface area (Å²) in [5.41, 5.74) is 7.51. The van der Waals surface area contributed by atoms with E-state index >= 15 is 0 Å².